The van der Waals surface area contributed by atoms with Crippen LogP contribution in [0.15, 0.2) is 24.3 Å². The molecule has 0 saturated carbocycles. The Labute approximate surface area is 104 Å². The van der Waals surface area contributed by atoms with E-state index in [0.717, 1.165) is 31.6 Å². The van der Waals surface area contributed by atoms with Crippen LogP contribution < -0.4 is 4.74 Å². The van der Waals surface area contributed by atoms with Gasteiger partial charge in [0.15, 0.2) is 6.29 Å². The highest BCUT2D eigenvalue weighted by atomic mass is 16.7. The molecule has 0 bridgehead atoms. The van der Waals surface area contributed by atoms with Gasteiger partial charge in [-0.15, -0.1) is 0 Å². The number of hydrogen-bond acceptors (Lipinski definition) is 2. The minimum atomic E-state index is -0.0356. The van der Waals surface area contributed by atoms with Crippen molar-refractivity contribution in [1.82, 2.24) is 0 Å². The zero-order chi connectivity index (χ0) is 11.9. The van der Waals surface area contributed by atoms with E-state index >= 15 is 0 Å². The maximum Gasteiger partial charge on any atom is 0.199 e. The van der Waals surface area contributed by atoms with Gasteiger partial charge in [-0.2, -0.15) is 0 Å². The molecule has 1 aliphatic heterocycles. The first-order chi connectivity index (χ1) is 8.40. The van der Waals surface area contributed by atoms with Crippen molar-refractivity contribution >= 4 is 0 Å². The minimum Gasteiger partial charge on any atom is -0.465 e. The van der Waals surface area contributed by atoms with E-state index < -0.39 is 0 Å². The van der Waals surface area contributed by atoms with Crippen molar-refractivity contribution in [2.75, 3.05) is 6.61 Å². The monoisotopic (exact) mass is 234 g/mol. The molecule has 94 valence electrons. The van der Waals surface area contributed by atoms with Gasteiger partial charge in [-0.05, 0) is 37.3 Å². The number of unbranched alkanes of at least 4 members (excludes halogenated alkanes) is 1. The van der Waals surface area contributed by atoms with Crippen LogP contribution in [0.5, 0.6) is 5.75 Å². The van der Waals surface area contributed by atoms with E-state index in [4.69, 9.17) is 9.47 Å². The summed E-state index contributed by atoms with van der Waals surface area (Å²) in [5.41, 5.74) is 1.31. The van der Waals surface area contributed by atoms with Crippen molar-refractivity contribution in [2.24, 2.45) is 0 Å². The lowest BCUT2D eigenvalue weighted by molar-refractivity contribution is -0.106. The fourth-order valence-electron chi connectivity index (χ4n) is 2.14. The van der Waals surface area contributed by atoms with Crippen LogP contribution in [0.4, 0.5) is 0 Å². The van der Waals surface area contributed by atoms with Gasteiger partial charge in [0.1, 0.15) is 5.75 Å². The molecule has 2 nitrogen and oxygen atoms in total. The van der Waals surface area contributed by atoms with E-state index in [0.29, 0.717) is 0 Å². The molecule has 17 heavy (non-hydrogen) atoms. The Balaban J connectivity index is 1.98. The van der Waals surface area contributed by atoms with Crippen molar-refractivity contribution in [3.8, 4) is 5.75 Å². The van der Waals surface area contributed by atoms with E-state index in [-0.39, 0.29) is 6.29 Å². The molecule has 1 fully saturated rings. The number of aryl methyl sites for hydroxylation is 1. The zero-order valence-corrected chi connectivity index (χ0v) is 10.7. The fourth-order valence-corrected chi connectivity index (χ4v) is 2.14. The van der Waals surface area contributed by atoms with Crippen molar-refractivity contribution in [2.45, 2.75) is 51.7 Å². The van der Waals surface area contributed by atoms with Gasteiger partial charge in [0.2, 0.25) is 0 Å². The molecule has 0 N–H and O–H groups in total. The Morgan fingerprint density at radius 1 is 1.29 bits per heavy atom. The molecule has 0 radical (unpaired) electrons. The minimum absolute atomic E-state index is 0.0356. The van der Waals surface area contributed by atoms with E-state index in [9.17, 15) is 0 Å². The third-order valence-corrected chi connectivity index (χ3v) is 3.17. The van der Waals surface area contributed by atoms with Gasteiger partial charge in [-0.1, -0.05) is 31.5 Å². The molecular weight excluding hydrogens is 212 g/mol. The Morgan fingerprint density at radius 3 is 2.94 bits per heavy atom. The number of benzene rings is 1. The topological polar surface area (TPSA) is 18.5 Å². The van der Waals surface area contributed by atoms with Gasteiger partial charge in [0, 0.05) is 6.42 Å². The molecule has 1 atom stereocenters. The maximum absolute atomic E-state index is 5.96. The SMILES string of the molecule is CCCCc1ccccc1OC1CCCCO1. The van der Waals surface area contributed by atoms with Crippen molar-refractivity contribution in [3.05, 3.63) is 29.8 Å². The van der Waals surface area contributed by atoms with Gasteiger partial charge in [-0.25, -0.2) is 0 Å². The van der Waals surface area contributed by atoms with Gasteiger partial charge in [0.05, 0.1) is 6.61 Å². The number of para-hydroxylation sites is 1. The number of rotatable bonds is 5. The third-order valence-electron chi connectivity index (χ3n) is 3.17. The molecule has 1 aliphatic rings. The summed E-state index contributed by atoms with van der Waals surface area (Å²) in [6.45, 7) is 3.05. The van der Waals surface area contributed by atoms with Crippen molar-refractivity contribution < 1.29 is 9.47 Å². The maximum atomic E-state index is 5.96. The lowest BCUT2D eigenvalue weighted by Crippen LogP contribution is -2.25. The summed E-state index contributed by atoms with van der Waals surface area (Å²) in [6, 6.07) is 8.34. The summed E-state index contributed by atoms with van der Waals surface area (Å²) in [7, 11) is 0. The highest BCUT2D eigenvalue weighted by Crippen LogP contribution is 2.24. The van der Waals surface area contributed by atoms with E-state index in [1.54, 1.807) is 0 Å². The molecule has 0 aliphatic carbocycles. The van der Waals surface area contributed by atoms with Crippen LogP contribution in [0.1, 0.15) is 44.6 Å². The van der Waals surface area contributed by atoms with Crippen LogP contribution in [-0.4, -0.2) is 12.9 Å². The Morgan fingerprint density at radius 2 is 2.18 bits per heavy atom. The highest BCUT2D eigenvalue weighted by molar-refractivity contribution is 5.33. The predicted molar refractivity (Wildman–Crippen MR) is 69.3 cm³/mol. The summed E-state index contributed by atoms with van der Waals surface area (Å²) in [6.07, 6.45) is 6.88. The molecule has 1 aromatic carbocycles. The average Bonchev–Trinajstić information content (AvgIpc) is 2.39. The van der Waals surface area contributed by atoms with Gasteiger partial charge < -0.3 is 9.47 Å². The first-order valence-electron chi connectivity index (χ1n) is 6.76. The fraction of sp³-hybridized carbons (Fsp3) is 0.600. The number of hydrogen-bond donors (Lipinski definition) is 0. The molecule has 0 aromatic heterocycles. The number of ether oxygens (including phenoxy) is 2. The summed E-state index contributed by atoms with van der Waals surface area (Å²) < 4.78 is 11.6. The highest BCUT2D eigenvalue weighted by Gasteiger charge is 2.16. The zero-order valence-electron chi connectivity index (χ0n) is 10.7. The molecule has 1 aromatic rings. The summed E-state index contributed by atoms with van der Waals surface area (Å²) in [4.78, 5) is 0. The largest absolute Gasteiger partial charge is 0.465 e. The van der Waals surface area contributed by atoms with Crippen LogP contribution in [0.3, 0.4) is 0 Å². The smallest absolute Gasteiger partial charge is 0.199 e. The van der Waals surface area contributed by atoms with Crippen LogP contribution in [0.2, 0.25) is 0 Å². The average molecular weight is 234 g/mol. The van der Waals surface area contributed by atoms with Gasteiger partial charge >= 0.3 is 0 Å². The summed E-state index contributed by atoms with van der Waals surface area (Å²) in [5.74, 6) is 1.01. The summed E-state index contributed by atoms with van der Waals surface area (Å²) in [5, 5.41) is 0. The molecular formula is C15H22O2. The predicted octanol–water partition coefficient (Wildman–Crippen LogP) is 3.93. The van der Waals surface area contributed by atoms with Crippen LogP contribution in [-0.2, 0) is 11.2 Å². The van der Waals surface area contributed by atoms with E-state index in [1.807, 2.05) is 6.07 Å². The molecule has 0 amide bonds. The van der Waals surface area contributed by atoms with Crippen LogP contribution >= 0.6 is 0 Å². The van der Waals surface area contributed by atoms with E-state index in [2.05, 4.69) is 25.1 Å². The lowest BCUT2D eigenvalue weighted by atomic mass is 10.1. The second kappa shape index (κ2) is 6.65. The third kappa shape index (κ3) is 3.74. The van der Waals surface area contributed by atoms with Crippen LogP contribution in [0, 0.1) is 0 Å². The lowest BCUT2D eigenvalue weighted by Gasteiger charge is -2.24. The molecule has 1 heterocycles. The van der Waals surface area contributed by atoms with Crippen LogP contribution in [0.25, 0.3) is 0 Å². The second-order valence-corrected chi connectivity index (χ2v) is 4.63. The standard InChI is InChI=1S/C15H22O2/c1-2-3-8-13-9-4-5-10-14(13)17-15-11-6-7-12-16-15/h4-5,9-10,15H,2-3,6-8,11-12H2,1H3. The van der Waals surface area contributed by atoms with Gasteiger partial charge in [0.25, 0.3) is 0 Å². The Hall–Kier alpha value is -1.02. The van der Waals surface area contributed by atoms with E-state index in [1.165, 1.54) is 24.8 Å². The molecule has 2 heteroatoms. The first-order valence-corrected chi connectivity index (χ1v) is 6.76. The first kappa shape index (κ1) is 12.4. The molecule has 2 rings (SSSR count). The van der Waals surface area contributed by atoms with Crippen molar-refractivity contribution in [1.29, 1.82) is 0 Å². The second-order valence-electron chi connectivity index (χ2n) is 4.63. The molecule has 1 saturated heterocycles. The Bertz CT molecular complexity index is 329. The van der Waals surface area contributed by atoms with Gasteiger partial charge in [-0.3, -0.25) is 0 Å². The summed E-state index contributed by atoms with van der Waals surface area (Å²) >= 11 is 0. The normalized spacial score (nSPS) is 20.2. The Kier molecular flexibility index (Phi) is 4.87. The van der Waals surface area contributed by atoms with Crippen molar-refractivity contribution in [3.63, 3.8) is 0 Å². The quantitative estimate of drug-likeness (QED) is 0.768. The molecule has 1 unspecified atom stereocenters. The molecule has 0 spiro atoms.